The fraction of sp³-hybridized carbons (Fsp3) is 0.615. The maximum absolute atomic E-state index is 12.8. The molecule has 1 aromatic rings. The van der Waals surface area contributed by atoms with Crippen LogP contribution in [0.3, 0.4) is 0 Å². The van der Waals surface area contributed by atoms with Gasteiger partial charge in [-0.3, -0.25) is 4.90 Å². The van der Waals surface area contributed by atoms with E-state index in [9.17, 15) is 13.2 Å². The van der Waals surface area contributed by atoms with Gasteiger partial charge in [0, 0.05) is 25.7 Å². The van der Waals surface area contributed by atoms with Crippen molar-refractivity contribution < 1.29 is 13.2 Å². The first-order chi connectivity index (χ1) is 9.45. The van der Waals surface area contributed by atoms with Crippen molar-refractivity contribution in [1.82, 2.24) is 9.88 Å². The van der Waals surface area contributed by atoms with E-state index in [0.29, 0.717) is 24.0 Å². The van der Waals surface area contributed by atoms with E-state index >= 15 is 0 Å². The number of nitrogens with two attached hydrogens (primary N) is 1. The van der Waals surface area contributed by atoms with Crippen LogP contribution in [0.2, 0.25) is 0 Å². The first-order valence-electron chi connectivity index (χ1n) is 6.77. The van der Waals surface area contributed by atoms with Gasteiger partial charge in [-0.05, 0) is 25.5 Å². The molecule has 0 aliphatic carbocycles. The number of pyridine rings is 1. The minimum atomic E-state index is -4.43. The monoisotopic (exact) mass is 286 g/mol. The third-order valence-corrected chi connectivity index (χ3v) is 4.13. The Morgan fingerprint density at radius 1 is 1.25 bits per heavy atom. The summed E-state index contributed by atoms with van der Waals surface area (Å²) < 4.78 is 38.3. The fourth-order valence-electron chi connectivity index (χ4n) is 3.09. The summed E-state index contributed by atoms with van der Waals surface area (Å²) in [7, 11) is 0. The van der Waals surface area contributed by atoms with Crippen LogP contribution in [0.4, 0.5) is 24.5 Å². The number of piperazine rings is 1. The second-order valence-corrected chi connectivity index (χ2v) is 5.40. The topological polar surface area (TPSA) is 45.4 Å². The predicted molar refractivity (Wildman–Crippen MR) is 70.5 cm³/mol. The van der Waals surface area contributed by atoms with Crippen molar-refractivity contribution in [1.29, 1.82) is 0 Å². The van der Waals surface area contributed by atoms with E-state index in [-0.39, 0.29) is 0 Å². The highest BCUT2D eigenvalue weighted by atomic mass is 19.4. The van der Waals surface area contributed by atoms with Gasteiger partial charge in [-0.15, -0.1) is 0 Å². The maximum atomic E-state index is 12.8. The Labute approximate surface area is 115 Å². The van der Waals surface area contributed by atoms with Crippen LogP contribution in [0.15, 0.2) is 12.3 Å². The maximum Gasteiger partial charge on any atom is 0.433 e. The van der Waals surface area contributed by atoms with Gasteiger partial charge in [0.2, 0.25) is 0 Å². The highest BCUT2D eigenvalue weighted by Gasteiger charge is 2.35. The molecule has 2 aliphatic heterocycles. The average molecular weight is 286 g/mol. The lowest BCUT2D eigenvalue weighted by molar-refractivity contribution is -0.141. The molecule has 110 valence electrons. The van der Waals surface area contributed by atoms with Crippen molar-refractivity contribution in [2.45, 2.75) is 25.1 Å². The molecule has 0 aromatic carbocycles. The number of fused-ring (bicyclic) bond motifs is 1. The van der Waals surface area contributed by atoms with Gasteiger partial charge >= 0.3 is 6.18 Å². The molecule has 3 rings (SSSR count). The lowest BCUT2D eigenvalue weighted by atomic mass is 10.1. The quantitative estimate of drug-likeness (QED) is 0.857. The number of anilines is 2. The van der Waals surface area contributed by atoms with Crippen LogP contribution in [0.1, 0.15) is 18.5 Å². The number of aromatic nitrogens is 1. The summed E-state index contributed by atoms with van der Waals surface area (Å²) in [5.74, 6) is 0. The summed E-state index contributed by atoms with van der Waals surface area (Å²) in [6, 6.07) is 1.51. The lowest BCUT2D eigenvalue weighted by Gasteiger charge is -2.39. The Hall–Kier alpha value is -1.50. The summed E-state index contributed by atoms with van der Waals surface area (Å²) in [4.78, 5) is 7.74. The molecule has 2 N–H and O–H groups in total. The van der Waals surface area contributed by atoms with Crippen LogP contribution in [-0.4, -0.2) is 42.1 Å². The van der Waals surface area contributed by atoms with Crippen molar-refractivity contribution in [2.75, 3.05) is 36.8 Å². The van der Waals surface area contributed by atoms with Crippen molar-refractivity contribution in [3.8, 4) is 0 Å². The lowest BCUT2D eigenvalue weighted by Crippen LogP contribution is -2.50. The normalized spacial score (nSPS) is 23.9. The molecule has 0 radical (unpaired) electrons. The third kappa shape index (κ3) is 2.42. The molecule has 1 atom stereocenters. The molecule has 7 heteroatoms. The minimum absolute atomic E-state index is 0.310. The summed E-state index contributed by atoms with van der Waals surface area (Å²) in [5, 5.41) is 0. The highest BCUT2D eigenvalue weighted by Crippen LogP contribution is 2.34. The average Bonchev–Trinajstić information content (AvgIpc) is 2.85. The van der Waals surface area contributed by atoms with Gasteiger partial charge in [0.05, 0.1) is 17.6 Å². The Bertz CT molecular complexity index is 503. The zero-order chi connectivity index (χ0) is 14.3. The zero-order valence-corrected chi connectivity index (χ0v) is 11.0. The molecule has 20 heavy (non-hydrogen) atoms. The van der Waals surface area contributed by atoms with Crippen LogP contribution < -0.4 is 10.6 Å². The van der Waals surface area contributed by atoms with Gasteiger partial charge in [0.1, 0.15) is 5.69 Å². The minimum Gasteiger partial charge on any atom is -0.396 e. The SMILES string of the molecule is Nc1cnc(C(F)(F)F)cc1N1CCN2CCCC2C1. The number of rotatable bonds is 1. The standard InChI is InChI=1S/C13H17F3N4/c14-13(15,16)12-6-11(10(17)7-18-12)20-5-4-19-3-1-2-9(19)8-20/h6-7,9H,1-5,8,17H2. The van der Waals surface area contributed by atoms with Crippen LogP contribution in [0, 0.1) is 0 Å². The van der Waals surface area contributed by atoms with Crippen molar-refractivity contribution >= 4 is 11.4 Å². The number of nitrogens with zero attached hydrogens (tertiary/aromatic N) is 3. The third-order valence-electron chi connectivity index (χ3n) is 4.13. The molecule has 2 saturated heterocycles. The fourth-order valence-corrected chi connectivity index (χ4v) is 3.09. The zero-order valence-electron chi connectivity index (χ0n) is 11.0. The second-order valence-electron chi connectivity index (χ2n) is 5.40. The molecule has 1 aromatic heterocycles. The molecule has 4 nitrogen and oxygen atoms in total. The summed E-state index contributed by atoms with van der Waals surface area (Å²) in [5.41, 5.74) is 5.70. The summed E-state index contributed by atoms with van der Waals surface area (Å²) in [6.45, 7) is 3.43. The van der Waals surface area contributed by atoms with Gasteiger partial charge < -0.3 is 10.6 Å². The Morgan fingerprint density at radius 2 is 2.05 bits per heavy atom. The van der Waals surface area contributed by atoms with Crippen molar-refractivity contribution in [3.63, 3.8) is 0 Å². The van der Waals surface area contributed by atoms with Gasteiger partial charge in [0.25, 0.3) is 0 Å². The molecule has 0 amide bonds. The van der Waals surface area contributed by atoms with E-state index in [1.807, 2.05) is 4.90 Å². The van der Waals surface area contributed by atoms with E-state index in [2.05, 4.69) is 9.88 Å². The van der Waals surface area contributed by atoms with Crippen LogP contribution in [0.25, 0.3) is 0 Å². The van der Waals surface area contributed by atoms with Crippen LogP contribution in [0.5, 0.6) is 0 Å². The summed E-state index contributed by atoms with van der Waals surface area (Å²) in [6.07, 6.45) is -1.05. The number of halogens is 3. The second kappa shape index (κ2) is 4.80. The van der Waals surface area contributed by atoms with E-state index in [1.54, 1.807) is 0 Å². The molecule has 1 unspecified atom stereocenters. The molecule has 2 fully saturated rings. The van der Waals surface area contributed by atoms with Crippen molar-refractivity contribution in [3.05, 3.63) is 18.0 Å². The first kappa shape index (κ1) is 13.5. The van der Waals surface area contributed by atoms with E-state index in [4.69, 9.17) is 5.73 Å². The molecule has 0 bridgehead atoms. The first-order valence-corrected chi connectivity index (χ1v) is 6.77. The van der Waals surface area contributed by atoms with Crippen molar-refractivity contribution in [2.24, 2.45) is 0 Å². The van der Waals surface area contributed by atoms with Gasteiger partial charge in [-0.2, -0.15) is 13.2 Å². The Kier molecular flexibility index (Phi) is 3.24. The molecule has 0 spiro atoms. The van der Waals surface area contributed by atoms with E-state index in [1.165, 1.54) is 0 Å². The van der Waals surface area contributed by atoms with Crippen LogP contribution in [-0.2, 0) is 6.18 Å². The van der Waals surface area contributed by atoms with Gasteiger partial charge in [-0.1, -0.05) is 0 Å². The number of hydrogen-bond donors (Lipinski definition) is 1. The summed E-state index contributed by atoms with van der Waals surface area (Å²) >= 11 is 0. The number of hydrogen-bond acceptors (Lipinski definition) is 4. The van der Waals surface area contributed by atoms with E-state index in [0.717, 1.165) is 44.7 Å². The van der Waals surface area contributed by atoms with Crippen LogP contribution >= 0.6 is 0 Å². The van der Waals surface area contributed by atoms with Gasteiger partial charge in [-0.25, -0.2) is 4.98 Å². The van der Waals surface area contributed by atoms with E-state index < -0.39 is 11.9 Å². The highest BCUT2D eigenvalue weighted by molar-refractivity contribution is 5.67. The number of nitrogen functional groups attached to an aromatic ring is 1. The van der Waals surface area contributed by atoms with Gasteiger partial charge in [0.15, 0.2) is 0 Å². The Morgan fingerprint density at radius 3 is 2.80 bits per heavy atom. The predicted octanol–water partition coefficient (Wildman–Crippen LogP) is 1.97. The largest absolute Gasteiger partial charge is 0.433 e. The molecule has 0 saturated carbocycles. The number of alkyl halides is 3. The Balaban J connectivity index is 1.86. The molecule has 3 heterocycles. The molecule has 2 aliphatic rings. The molecular formula is C13H17F3N4. The smallest absolute Gasteiger partial charge is 0.396 e. The molecular weight excluding hydrogens is 269 g/mol.